The van der Waals surface area contributed by atoms with E-state index in [-0.39, 0.29) is 41.3 Å². The van der Waals surface area contributed by atoms with Crippen LogP contribution in [0.3, 0.4) is 0 Å². The van der Waals surface area contributed by atoms with Crippen molar-refractivity contribution in [3.8, 4) is 51.1 Å². The third-order valence-corrected chi connectivity index (χ3v) is 19.6. The second-order valence-electron chi connectivity index (χ2n) is 25.8. The lowest BCUT2D eigenvalue weighted by molar-refractivity contribution is 0.629. The first-order valence-electron chi connectivity index (χ1n) is 35.3. The summed E-state index contributed by atoms with van der Waals surface area (Å²) in [4.78, 5) is 71.4. The molecule has 0 aliphatic carbocycles. The molecule has 0 radical (unpaired) electrons. The van der Waals surface area contributed by atoms with Crippen LogP contribution in [0, 0.1) is 29.5 Å². The van der Waals surface area contributed by atoms with Crippen molar-refractivity contribution in [1.82, 2.24) is 123 Å². The van der Waals surface area contributed by atoms with E-state index in [1.54, 1.807) is 82.7 Å². The summed E-state index contributed by atoms with van der Waals surface area (Å²) in [6, 6.07) is 41.4. The monoisotopic (exact) mass is 1620 g/mol. The van der Waals surface area contributed by atoms with Crippen molar-refractivity contribution in [3.63, 3.8) is 0 Å². The maximum Gasteiger partial charge on any atom is 0.268 e. The number of imidazole rings is 6. The fourth-order valence-electron chi connectivity index (χ4n) is 12.9. The number of anilines is 5. The number of halogens is 6. The summed E-state index contributed by atoms with van der Waals surface area (Å²) in [5, 5.41) is 43.6. The van der Waals surface area contributed by atoms with Crippen molar-refractivity contribution in [1.29, 1.82) is 5.26 Å². The second-order valence-corrected chi connectivity index (χ2v) is 27.4. The van der Waals surface area contributed by atoms with Crippen molar-refractivity contribution < 1.29 is 8.78 Å². The Morgan fingerprint density at radius 2 is 0.802 bits per heavy atom. The number of benzene rings is 4. The molecular formula is C78H58Cl4F2N32. The molecular weight excluding hydrogens is 1560 g/mol. The Kier molecular flexibility index (Phi) is 21.1. The minimum absolute atomic E-state index is 0.0765. The lowest BCUT2D eigenvalue weighted by Crippen LogP contribution is -2.13. The number of rotatable bonds is 16. The quantitative estimate of drug-likeness (QED) is 0.0417. The second kappa shape index (κ2) is 32.5. The van der Waals surface area contributed by atoms with Crippen LogP contribution in [0.25, 0.3) is 106 Å². The smallest absolute Gasteiger partial charge is 0.268 e. The number of aromatic nitrogens is 25. The van der Waals surface area contributed by atoms with Gasteiger partial charge < -0.3 is 42.0 Å². The third-order valence-electron chi connectivity index (χ3n) is 18.6. The fourth-order valence-corrected chi connectivity index (χ4v) is 13.6. The Morgan fingerprint density at radius 1 is 0.440 bits per heavy atom. The molecule has 0 bridgehead atoms. The number of aromatic amines is 3. The summed E-state index contributed by atoms with van der Waals surface area (Å²) in [5.74, 6) is 1.40. The number of nitriles is 1. The van der Waals surface area contributed by atoms with Gasteiger partial charge in [0, 0.05) is 50.7 Å². The van der Waals surface area contributed by atoms with Gasteiger partial charge in [-0.25, -0.2) is 101 Å². The zero-order chi connectivity index (χ0) is 80.3. The number of nitrogens with two attached hydrogens (primary N) is 1. The van der Waals surface area contributed by atoms with Crippen LogP contribution in [0.1, 0.15) is 79.7 Å². The summed E-state index contributed by atoms with van der Waals surface area (Å²) in [6.45, 7) is 15.2. The molecule has 4 aromatic carbocycles. The Morgan fingerprint density at radius 3 is 1.22 bits per heavy atom. The number of nitrogens with one attached hydrogen (secondary N) is 7. The van der Waals surface area contributed by atoms with Crippen molar-refractivity contribution in [3.05, 3.63) is 274 Å². The molecule has 0 fully saturated rings. The Balaban J connectivity index is 0.000000116. The van der Waals surface area contributed by atoms with Gasteiger partial charge in [-0.1, -0.05) is 131 Å². The molecule has 19 rings (SSSR count). The topological polar surface area (TPSA) is 399 Å². The van der Waals surface area contributed by atoms with E-state index < -0.39 is 11.9 Å². The third kappa shape index (κ3) is 15.0. The standard InChI is InChI=1S/C21H15ClN8.2C19H14ClFN8.C19H15ClN8/c1-12(28-21-18-14(8-23)9-25-20(18)26-11-27-21)15-7-17-24-10-16(22)30(17)29-19(15)13-5-3-2-4-6-13;1-10(27-19-17-18(24-8-23-17)25-9-26-19)12-6-15-22-7-14(20)29(15)28-16(12)11-4-2-3-5-13(11)21;1-10(27-19-17(23-2)18(22)25-9-26-19)12-7-15-24-8-14(20)29(15)28-16(12)11-5-3-4-6-13(11)21;1-11(26-19-17-18(23-9-22-17)24-10-25-19)13-7-15-21-8-14(20)28(15)27-16(13)12-5-3-2-4-6-12/h2-7,9-12H,1H3,(H2,25,26,27,28);2-10H,1H3,(H2,23,24,25,26,27);3-10H,1H3,(H3,22,25,26,27);2-11H,1H3,(H2,22,23,24,25,26)/t12-;2*10-;11-/m0000/s1. The van der Waals surface area contributed by atoms with Crippen LogP contribution in [0.4, 0.5) is 43.6 Å². The van der Waals surface area contributed by atoms with Crippen LogP contribution in [0.2, 0.25) is 20.6 Å². The molecule has 0 aliphatic rings. The van der Waals surface area contributed by atoms with Crippen molar-refractivity contribution in [2.45, 2.75) is 51.9 Å². The molecule has 0 spiro atoms. The van der Waals surface area contributed by atoms with Crippen LogP contribution in [-0.2, 0) is 0 Å². The van der Waals surface area contributed by atoms with E-state index in [4.69, 9.17) is 68.9 Å². The highest BCUT2D eigenvalue weighted by Gasteiger charge is 2.26. The number of nitrogen functional groups attached to an aromatic ring is 1. The lowest BCUT2D eigenvalue weighted by atomic mass is 10.0. The van der Waals surface area contributed by atoms with E-state index in [1.165, 1.54) is 58.9 Å². The molecule has 15 aromatic heterocycles. The van der Waals surface area contributed by atoms with Crippen molar-refractivity contribution in [2.24, 2.45) is 0 Å². The summed E-state index contributed by atoms with van der Waals surface area (Å²) in [7, 11) is 0. The molecule has 0 unspecified atom stereocenters. The first-order chi connectivity index (χ1) is 56.5. The predicted molar refractivity (Wildman–Crippen MR) is 436 cm³/mol. The van der Waals surface area contributed by atoms with Crippen LogP contribution >= 0.6 is 46.4 Å². The Labute approximate surface area is 674 Å². The van der Waals surface area contributed by atoms with E-state index >= 15 is 0 Å². The van der Waals surface area contributed by atoms with Gasteiger partial charge >= 0.3 is 0 Å². The van der Waals surface area contributed by atoms with Gasteiger partial charge in [0.05, 0.1) is 102 Å². The van der Waals surface area contributed by atoms with E-state index in [1.807, 2.05) is 99.6 Å². The molecule has 0 amide bonds. The molecule has 9 N–H and O–H groups in total. The summed E-state index contributed by atoms with van der Waals surface area (Å²) < 4.78 is 35.3. The van der Waals surface area contributed by atoms with E-state index in [0.29, 0.717) is 122 Å². The zero-order valence-electron chi connectivity index (χ0n) is 60.9. The number of hydrogen-bond acceptors (Lipinski definition) is 24. The van der Waals surface area contributed by atoms with Crippen LogP contribution in [0.15, 0.2) is 202 Å². The highest BCUT2D eigenvalue weighted by Crippen LogP contribution is 2.39. The summed E-state index contributed by atoms with van der Waals surface area (Å²) in [6.07, 6.45) is 16.6. The van der Waals surface area contributed by atoms with Gasteiger partial charge in [0.25, 0.3) is 5.69 Å². The molecule has 572 valence electrons. The zero-order valence-corrected chi connectivity index (χ0v) is 64.0. The fraction of sp³-hybridized carbons (Fsp3) is 0.103. The maximum absolute atomic E-state index is 14.6. The molecule has 0 aliphatic heterocycles. The van der Waals surface area contributed by atoms with Crippen molar-refractivity contribution >= 4 is 137 Å². The van der Waals surface area contributed by atoms with Gasteiger partial charge in [-0.15, -0.1) is 0 Å². The Hall–Kier alpha value is -14.8. The number of hydrogen-bond donors (Lipinski definition) is 8. The first kappa shape index (κ1) is 75.2. The molecule has 32 nitrogen and oxygen atoms in total. The molecule has 0 saturated heterocycles. The van der Waals surface area contributed by atoms with Gasteiger partial charge in [0.15, 0.2) is 66.1 Å². The van der Waals surface area contributed by atoms with Gasteiger partial charge in [-0.2, -0.15) is 25.7 Å². The number of nitrogens with zero attached hydrogens (tertiary/aromatic N) is 24. The number of H-pyrrole nitrogens is 3. The van der Waals surface area contributed by atoms with Gasteiger partial charge in [-0.3, -0.25) is 0 Å². The van der Waals surface area contributed by atoms with Gasteiger partial charge in [-0.05, 0) is 76.2 Å². The highest BCUT2D eigenvalue weighted by atomic mass is 35.5. The first-order valence-corrected chi connectivity index (χ1v) is 36.8. The average molecular weight is 1620 g/mol. The number of fused-ring (bicyclic) bond motifs is 7. The maximum atomic E-state index is 14.6. The highest BCUT2D eigenvalue weighted by molar-refractivity contribution is 6.30. The average Bonchev–Trinajstić information content (AvgIpc) is 1.53. The molecule has 15 heterocycles. The van der Waals surface area contributed by atoms with Crippen molar-refractivity contribution in [2.75, 3.05) is 27.0 Å². The van der Waals surface area contributed by atoms with E-state index in [0.717, 1.165) is 44.7 Å². The van der Waals surface area contributed by atoms with Gasteiger partial charge in [0.1, 0.15) is 77.1 Å². The molecule has 38 heteroatoms. The minimum Gasteiger partial charge on any atom is -0.392 e. The van der Waals surface area contributed by atoms with Gasteiger partial charge in [0.2, 0.25) is 0 Å². The summed E-state index contributed by atoms with van der Waals surface area (Å²) in [5.41, 5.74) is 20.4. The normalized spacial score (nSPS) is 12.3. The summed E-state index contributed by atoms with van der Waals surface area (Å²) >= 11 is 24.8. The largest absolute Gasteiger partial charge is 0.392 e. The van der Waals surface area contributed by atoms with E-state index in [2.05, 4.69) is 134 Å². The van der Waals surface area contributed by atoms with Crippen LogP contribution in [0.5, 0.6) is 0 Å². The van der Waals surface area contributed by atoms with Crippen LogP contribution in [-0.4, -0.2) is 123 Å². The minimum atomic E-state index is -0.419. The Bertz CT molecular complexity index is 6950. The molecule has 19 aromatic rings. The molecule has 4 atom stereocenters. The van der Waals surface area contributed by atoms with E-state index in [9.17, 15) is 14.0 Å². The predicted octanol–water partition coefficient (Wildman–Crippen LogP) is 16.6. The lowest BCUT2D eigenvalue weighted by Gasteiger charge is -2.19. The SMILES string of the molecule is C[C@H](Nc1ncnc2[nH]cc(C#N)c12)c1cc2ncc(Cl)n2nc1-c1ccccc1.C[C@H](Nc1ncnc2nc[nH]c12)c1cc2ncc(Cl)n2nc1-c1ccccc1.C[C@H](Nc1ncnc2nc[nH]c12)c1cc2ncc(Cl)n2nc1-c1ccccc1F.[C-]#[N+]c1c(N)ncnc1N[C@@H](C)c1cc2ncc(Cl)n2nc1-c1ccccc1F. The molecule has 0 saturated carbocycles. The molecule has 116 heavy (non-hydrogen) atoms. The van der Waals surface area contributed by atoms with Crippen LogP contribution < -0.4 is 27.0 Å².